The van der Waals surface area contributed by atoms with Crippen molar-refractivity contribution in [2.75, 3.05) is 11.5 Å². The molecule has 170 valence electrons. The molecule has 4 nitrogen and oxygen atoms in total. The van der Waals surface area contributed by atoms with E-state index >= 15 is 0 Å². The highest BCUT2D eigenvalue weighted by Crippen LogP contribution is 2.31. The van der Waals surface area contributed by atoms with Crippen LogP contribution in [0.2, 0.25) is 10.0 Å². The molecule has 0 aliphatic carbocycles. The van der Waals surface area contributed by atoms with Crippen LogP contribution in [0.25, 0.3) is 17.2 Å². The van der Waals surface area contributed by atoms with Gasteiger partial charge in [0.05, 0.1) is 11.5 Å². The number of sulfone groups is 1. The van der Waals surface area contributed by atoms with Gasteiger partial charge in [-0.15, -0.1) is 0 Å². The first kappa shape index (κ1) is 23.6. The third-order valence-electron chi connectivity index (χ3n) is 5.70. The van der Waals surface area contributed by atoms with Crippen LogP contribution in [0.4, 0.5) is 0 Å². The minimum absolute atomic E-state index is 0.00359. The lowest BCUT2D eigenvalue weighted by atomic mass is 10.0. The third kappa shape index (κ3) is 6.05. The van der Waals surface area contributed by atoms with Gasteiger partial charge in [0.1, 0.15) is 0 Å². The summed E-state index contributed by atoms with van der Waals surface area (Å²) in [6, 6.07) is 22.3. The van der Waals surface area contributed by atoms with Crippen molar-refractivity contribution >= 4 is 45.0 Å². The SMILES string of the molecule is O=C(/C=C/c1ccccc1)N(Cc1ccc(-c2ccc(Cl)cc2Cl)cc1)C1CCS(=O)(=O)C1. The Labute approximate surface area is 204 Å². The molecule has 1 aliphatic heterocycles. The van der Waals surface area contributed by atoms with Gasteiger partial charge in [-0.3, -0.25) is 4.79 Å². The highest BCUT2D eigenvalue weighted by atomic mass is 35.5. The van der Waals surface area contributed by atoms with Crippen LogP contribution in [0.3, 0.4) is 0 Å². The molecule has 0 saturated carbocycles. The maximum atomic E-state index is 13.1. The lowest BCUT2D eigenvalue weighted by Gasteiger charge is -2.27. The number of carbonyl (C=O) groups excluding carboxylic acids is 1. The van der Waals surface area contributed by atoms with E-state index < -0.39 is 9.84 Å². The van der Waals surface area contributed by atoms with Crippen LogP contribution in [-0.4, -0.2) is 36.8 Å². The molecular formula is C26H23Cl2NO3S. The Kier molecular flexibility index (Phi) is 7.23. The number of amides is 1. The molecule has 0 N–H and O–H groups in total. The zero-order chi connectivity index (χ0) is 23.4. The number of benzene rings is 3. The minimum Gasteiger partial charge on any atom is -0.331 e. The van der Waals surface area contributed by atoms with E-state index in [1.807, 2.05) is 60.7 Å². The largest absolute Gasteiger partial charge is 0.331 e. The van der Waals surface area contributed by atoms with E-state index in [9.17, 15) is 13.2 Å². The zero-order valence-corrected chi connectivity index (χ0v) is 20.2. The van der Waals surface area contributed by atoms with Crippen molar-refractivity contribution in [2.45, 2.75) is 19.0 Å². The number of carbonyl (C=O) groups is 1. The van der Waals surface area contributed by atoms with Crippen molar-refractivity contribution in [1.29, 1.82) is 0 Å². The lowest BCUT2D eigenvalue weighted by Crippen LogP contribution is -2.39. The van der Waals surface area contributed by atoms with Crippen LogP contribution in [0.5, 0.6) is 0 Å². The van der Waals surface area contributed by atoms with E-state index in [1.165, 1.54) is 6.08 Å². The standard InChI is InChI=1S/C26H23Cl2NO3S/c27-22-11-12-24(25(28)16-22)21-9-6-20(7-10-21)17-29(23-14-15-33(31,32)18-23)26(30)13-8-19-4-2-1-3-5-19/h1-13,16,23H,14-15,17-18H2/b13-8+. The van der Waals surface area contributed by atoms with Crippen LogP contribution in [0.1, 0.15) is 17.5 Å². The van der Waals surface area contributed by atoms with E-state index in [2.05, 4.69) is 0 Å². The molecule has 1 amide bonds. The summed E-state index contributed by atoms with van der Waals surface area (Å²) in [6.45, 7) is 0.326. The first-order valence-corrected chi connectivity index (χ1v) is 13.2. The molecule has 1 unspecified atom stereocenters. The number of rotatable bonds is 6. The quantitative estimate of drug-likeness (QED) is 0.397. The van der Waals surface area contributed by atoms with Crippen LogP contribution < -0.4 is 0 Å². The van der Waals surface area contributed by atoms with Crippen LogP contribution in [0.15, 0.2) is 78.9 Å². The molecule has 1 fully saturated rings. The molecule has 4 rings (SSSR count). The molecule has 1 saturated heterocycles. The van der Waals surface area contributed by atoms with Crippen LogP contribution in [0, 0.1) is 0 Å². The van der Waals surface area contributed by atoms with Gasteiger partial charge >= 0.3 is 0 Å². The van der Waals surface area contributed by atoms with E-state index in [-0.39, 0.29) is 23.5 Å². The zero-order valence-electron chi connectivity index (χ0n) is 17.8. The molecule has 0 radical (unpaired) electrons. The fourth-order valence-electron chi connectivity index (χ4n) is 3.95. The minimum atomic E-state index is -3.13. The van der Waals surface area contributed by atoms with Gasteiger partial charge in [0.2, 0.25) is 5.91 Å². The second-order valence-electron chi connectivity index (χ2n) is 8.09. The third-order valence-corrected chi connectivity index (χ3v) is 8.00. The van der Waals surface area contributed by atoms with Gasteiger partial charge in [-0.05, 0) is 41.3 Å². The second kappa shape index (κ2) is 10.1. The number of nitrogens with zero attached hydrogens (tertiary/aromatic N) is 1. The Morgan fingerprint density at radius 3 is 2.36 bits per heavy atom. The molecule has 0 spiro atoms. The van der Waals surface area contributed by atoms with Gasteiger partial charge in [0.15, 0.2) is 9.84 Å². The van der Waals surface area contributed by atoms with Crippen molar-refractivity contribution in [3.63, 3.8) is 0 Å². The Morgan fingerprint density at radius 2 is 1.73 bits per heavy atom. The number of halogens is 2. The summed E-state index contributed by atoms with van der Waals surface area (Å²) in [7, 11) is -3.13. The second-order valence-corrected chi connectivity index (χ2v) is 11.2. The summed E-state index contributed by atoms with van der Waals surface area (Å²) in [5.74, 6) is -0.0976. The molecule has 1 heterocycles. The molecule has 1 atom stereocenters. The lowest BCUT2D eigenvalue weighted by molar-refractivity contribution is -0.128. The first-order chi connectivity index (χ1) is 15.8. The molecule has 1 aliphatic rings. The summed E-state index contributed by atoms with van der Waals surface area (Å²) < 4.78 is 24.2. The summed E-state index contributed by atoms with van der Waals surface area (Å²) in [5.41, 5.74) is 3.63. The van der Waals surface area contributed by atoms with Gasteiger partial charge in [0.25, 0.3) is 0 Å². The molecular weight excluding hydrogens is 477 g/mol. The average molecular weight is 500 g/mol. The van der Waals surface area contributed by atoms with E-state index in [1.54, 1.807) is 23.1 Å². The van der Waals surface area contributed by atoms with Crippen LogP contribution in [-0.2, 0) is 21.2 Å². The van der Waals surface area contributed by atoms with Gasteiger partial charge in [-0.2, -0.15) is 0 Å². The predicted molar refractivity (Wildman–Crippen MR) is 135 cm³/mol. The maximum absolute atomic E-state index is 13.1. The van der Waals surface area contributed by atoms with E-state index in [0.29, 0.717) is 23.0 Å². The number of hydrogen-bond acceptors (Lipinski definition) is 3. The highest BCUT2D eigenvalue weighted by molar-refractivity contribution is 7.91. The van der Waals surface area contributed by atoms with Crippen molar-refractivity contribution in [3.8, 4) is 11.1 Å². The van der Waals surface area contributed by atoms with Gasteiger partial charge in [-0.1, -0.05) is 83.9 Å². The van der Waals surface area contributed by atoms with E-state index in [0.717, 1.165) is 22.3 Å². The Bertz CT molecular complexity index is 1270. The van der Waals surface area contributed by atoms with Crippen molar-refractivity contribution < 1.29 is 13.2 Å². The molecule has 33 heavy (non-hydrogen) atoms. The fourth-order valence-corrected chi connectivity index (χ4v) is 6.19. The molecule has 3 aromatic carbocycles. The topological polar surface area (TPSA) is 54.5 Å². The monoisotopic (exact) mass is 499 g/mol. The van der Waals surface area contributed by atoms with Gasteiger partial charge in [0, 0.05) is 34.3 Å². The maximum Gasteiger partial charge on any atom is 0.247 e. The molecule has 7 heteroatoms. The summed E-state index contributed by atoms with van der Waals surface area (Å²) in [4.78, 5) is 14.8. The number of hydrogen-bond donors (Lipinski definition) is 0. The fraction of sp³-hybridized carbons (Fsp3) is 0.192. The van der Waals surface area contributed by atoms with Gasteiger partial charge < -0.3 is 4.90 Å². The van der Waals surface area contributed by atoms with Crippen molar-refractivity contribution in [3.05, 3.63) is 100 Å². The normalized spacial score (nSPS) is 17.3. The summed E-state index contributed by atoms with van der Waals surface area (Å²) >= 11 is 12.3. The average Bonchev–Trinajstić information content (AvgIpc) is 3.16. The predicted octanol–water partition coefficient (Wildman–Crippen LogP) is 5.89. The Hall–Kier alpha value is -2.60. The summed E-state index contributed by atoms with van der Waals surface area (Å²) in [6.07, 6.45) is 3.72. The van der Waals surface area contributed by atoms with E-state index in [4.69, 9.17) is 23.2 Å². The Morgan fingerprint density at radius 1 is 1.00 bits per heavy atom. The highest BCUT2D eigenvalue weighted by Gasteiger charge is 2.34. The molecule has 0 bridgehead atoms. The van der Waals surface area contributed by atoms with Crippen molar-refractivity contribution in [2.24, 2.45) is 0 Å². The molecule has 3 aromatic rings. The van der Waals surface area contributed by atoms with Gasteiger partial charge in [-0.25, -0.2) is 8.42 Å². The summed E-state index contributed by atoms with van der Waals surface area (Å²) in [5, 5.41) is 1.14. The van der Waals surface area contributed by atoms with Crippen molar-refractivity contribution in [1.82, 2.24) is 4.90 Å². The van der Waals surface area contributed by atoms with Crippen LogP contribution >= 0.6 is 23.2 Å². The first-order valence-electron chi connectivity index (χ1n) is 10.6. The Balaban J connectivity index is 1.56. The smallest absolute Gasteiger partial charge is 0.247 e. The molecule has 0 aromatic heterocycles.